The number of para-hydroxylation sites is 1. The highest BCUT2D eigenvalue weighted by atomic mass is 16.6. The van der Waals surface area contributed by atoms with Crippen molar-refractivity contribution in [3.8, 4) is 17.3 Å². The van der Waals surface area contributed by atoms with E-state index in [0.29, 0.717) is 5.88 Å². The molecule has 1 fully saturated rings. The van der Waals surface area contributed by atoms with Gasteiger partial charge in [-0.1, -0.05) is 18.2 Å². The van der Waals surface area contributed by atoms with Crippen LogP contribution >= 0.6 is 0 Å². The highest BCUT2D eigenvalue weighted by Gasteiger charge is 2.23. The van der Waals surface area contributed by atoms with E-state index in [9.17, 15) is 4.79 Å². The second kappa shape index (κ2) is 9.24. The number of piperidine rings is 1. The first kappa shape index (κ1) is 20.9. The van der Waals surface area contributed by atoms with E-state index in [1.54, 1.807) is 19.5 Å². The third-order valence-corrected chi connectivity index (χ3v) is 6.05. The number of ether oxygens (including phenoxy) is 2. The number of carbonyl (C=O) groups excluding carboxylic acids is 1. The Morgan fingerprint density at radius 1 is 0.970 bits per heavy atom. The van der Waals surface area contributed by atoms with Crippen molar-refractivity contribution in [2.24, 2.45) is 0 Å². The van der Waals surface area contributed by atoms with E-state index in [0.717, 1.165) is 54.0 Å². The lowest BCUT2D eigenvalue weighted by Gasteiger charge is -2.33. The van der Waals surface area contributed by atoms with Crippen molar-refractivity contribution in [2.45, 2.75) is 18.9 Å². The Labute approximate surface area is 192 Å². The number of benzene rings is 2. The molecule has 1 amide bonds. The summed E-state index contributed by atoms with van der Waals surface area (Å²) in [5.74, 6) is 1.25. The number of fused-ring (bicyclic) bond motifs is 1. The number of amides is 1. The summed E-state index contributed by atoms with van der Waals surface area (Å²) in [4.78, 5) is 19.2. The number of hydrogen-bond acceptors (Lipinski definition) is 5. The Morgan fingerprint density at radius 3 is 2.42 bits per heavy atom. The fourth-order valence-electron chi connectivity index (χ4n) is 4.33. The van der Waals surface area contributed by atoms with Gasteiger partial charge in [0.2, 0.25) is 5.88 Å². The van der Waals surface area contributed by atoms with E-state index in [1.807, 2.05) is 71.3 Å². The average molecular weight is 443 g/mol. The molecule has 1 aliphatic heterocycles. The Balaban J connectivity index is 1.29. The number of nitrogens with zero attached hydrogens (tertiary/aromatic N) is 3. The van der Waals surface area contributed by atoms with Gasteiger partial charge in [-0.3, -0.25) is 9.55 Å². The van der Waals surface area contributed by atoms with E-state index >= 15 is 0 Å². The summed E-state index contributed by atoms with van der Waals surface area (Å²) in [6.45, 7) is 1.75. The van der Waals surface area contributed by atoms with Crippen LogP contribution in [0.4, 0.5) is 10.5 Å². The first-order valence-corrected chi connectivity index (χ1v) is 11.1. The van der Waals surface area contributed by atoms with Crippen LogP contribution in [-0.2, 0) is 0 Å². The predicted molar refractivity (Wildman–Crippen MR) is 128 cm³/mol. The number of aromatic nitrogens is 2. The zero-order chi connectivity index (χ0) is 22.6. The lowest BCUT2D eigenvalue weighted by atomic mass is 10.0. The van der Waals surface area contributed by atoms with Crippen LogP contribution in [0.5, 0.6) is 11.6 Å². The van der Waals surface area contributed by atoms with E-state index < -0.39 is 6.09 Å². The molecular weight excluding hydrogens is 416 g/mol. The number of anilines is 1. The van der Waals surface area contributed by atoms with E-state index in [2.05, 4.69) is 15.2 Å². The van der Waals surface area contributed by atoms with Crippen LogP contribution in [0.3, 0.4) is 0 Å². The topological polar surface area (TPSA) is 68.6 Å². The first-order chi connectivity index (χ1) is 16.2. The summed E-state index contributed by atoms with van der Waals surface area (Å²) in [6, 6.07) is 21.7. The zero-order valence-corrected chi connectivity index (χ0v) is 18.5. The van der Waals surface area contributed by atoms with Crippen LogP contribution in [0.15, 0.2) is 79.1 Å². The average Bonchev–Trinajstić information content (AvgIpc) is 3.22. The van der Waals surface area contributed by atoms with Gasteiger partial charge >= 0.3 is 6.09 Å². The van der Waals surface area contributed by atoms with Crippen LogP contribution in [0.2, 0.25) is 0 Å². The molecular formula is C26H26N4O3. The highest BCUT2D eigenvalue weighted by molar-refractivity contribution is 5.85. The number of nitrogens with one attached hydrogen (secondary N) is 1. The molecule has 7 nitrogen and oxygen atoms in total. The molecule has 5 rings (SSSR count). The van der Waals surface area contributed by atoms with Crippen molar-refractivity contribution >= 4 is 22.7 Å². The molecule has 0 unspecified atom stereocenters. The van der Waals surface area contributed by atoms with Crippen LogP contribution in [0.1, 0.15) is 12.8 Å². The Hall–Kier alpha value is -4.00. The maximum atomic E-state index is 12.8. The first-order valence-electron chi connectivity index (χ1n) is 11.1. The largest absolute Gasteiger partial charge is 0.497 e. The molecule has 168 valence electrons. The highest BCUT2D eigenvalue weighted by Crippen LogP contribution is 2.30. The van der Waals surface area contributed by atoms with Gasteiger partial charge in [-0.2, -0.15) is 0 Å². The minimum absolute atomic E-state index is 0.0782. The summed E-state index contributed by atoms with van der Waals surface area (Å²) in [7, 11) is 1.64. The maximum Gasteiger partial charge on any atom is 0.414 e. The van der Waals surface area contributed by atoms with E-state index in [-0.39, 0.29) is 6.04 Å². The molecule has 0 radical (unpaired) electrons. The molecule has 33 heavy (non-hydrogen) atoms. The standard InChI is InChI=1S/C26H26N4O3/c1-32-23-8-6-22(7-9-23)30-24-5-3-2-4-19(24)18-25(30)33-26(31)28-20-12-16-29(17-13-20)21-10-14-27-15-11-21/h2-11,14-15,18,20H,12-13,16-17H2,1H3,(H,28,31). The van der Waals surface area contributed by atoms with Crippen molar-refractivity contribution in [1.82, 2.24) is 14.9 Å². The second-order valence-corrected chi connectivity index (χ2v) is 8.08. The van der Waals surface area contributed by atoms with Gasteiger partial charge in [0, 0.05) is 54.4 Å². The van der Waals surface area contributed by atoms with Gasteiger partial charge in [-0.05, 0) is 55.3 Å². The molecule has 7 heteroatoms. The van der Waals surface area contributed by atoms with Crippen LogP contribution in [-0.4, -0.2) is 41.9 Å². The minimum Gasteiger partial charge on any atom is -0.497 e. The van der Waals surface area contributed by atoms with Crippen molar-refractivity contribution in [2.75, 3.05) is 25.1 Å². The number of methoxy groups -OCH3 is 1. The normalized spacial score (nSPS) is 14.3. The van der Waals surface area contributed by atoms with Crippen LogP contribution < -0.4 is 19.7 Å². The lowest BCUT2D eigenvalue weighted by Crippen LogP contribution is -2.45. The molecule has 0 saturated carbocycles. The van der Waals surface area contributed by atoms with Gasteiger partial charge in [-0.15, -0.1) is 0 Å². The molecule has 1 aliphatic rings. The second-order valence-electron chi connectivity index (χ2n) is 8.08. The number of pyridine rings is 1. The Kier molecular flexibility index (Phi) is 5.85. The number of rotatable bonds is 5. The fraction of sp³-hybridized carbons (Fsp3) is 0.231. The molecule has 1 saturated heterocycles. The summed E-state index contributed by atoms with van der Waals surface area (Å²) >= 11 is 0. The van der Waals surface area contributed by atoms with Gasteiger partial charge in [0.1, 0.15) is 5.75 Å². The monoisotopic (exact) mass is 442 g/mol. The molecule has 0 bridgehead atoms. The van der Waals surface area contributed by atoms with Crippen molar-refractivity contribution < 1.29 is 14.3 Å². The minimum atomic E-state index is -0.435. The molecule has 4 aromatic rings. The quantitative estimate of drug-likeness (QED) is 0.481. The third-order valence-electron chi connectivity index (χ3n) is 6.05. The van der Waals surface area contributed by atoms with Gasteiger partial charge in [0.05, 0.1) is 12.6 Å². The lowest BCUT2D eigenvalue weighted by molar-refractivity contribution is 0.191. The summed E-state index contributed by atoms with van der Waals surface area (Å²) in [5, 5.41) is 4.05. The summed E-state index contributed by atoms with van der Waals surface area (Å²) in [5.41, 5.74) is 3.02. The van der Waals surface area contributed by atoms with E-state index in [1.165, 1.54) is 0 Å². The Bertz CT molecular complexity index is 1230. The fourth-order valence-corrected chi connectivity index (χ4v) is 4.33. The molecule has 0 aliphatic carbocycles. The predicted octanol–water partition coefficient (Wildman–Crippen LogP) is 4.79. The van der Waals surface area contributed by atoms with Gasteiger partial charge in [0.25, 0.3) is 0 Å². The molecule has 1 N–H and O–H groups in total. The summed E-state index contributed by atoms with van der Waals surface area (Å²) < 4.78 is 13.0. The maximum absolute atomic E-state index is 12.8. The van der Waals surface area contributed by atoms with Crippen LogP contribution in [0.25, 0.3) is 16.6 Å². The van der Waals surface area contributed by atoms with Crippen molar-refractivity contribution in [1.29, 1.82) is 0 Å². The Morgan fingerprint density at radius 2 is 1.70 bits per heavy atom. The van der Waals surface area contributed by atoms with Crippen molar-refractivity contribution in [3.05, 3.63) is 79.1 Å². The molecule has 2 aromatic carbocycles. The van der Waals surface area contributed by atoms with Gasteiger partial charge in [-0.25, -0.2) is 4.79 Å². The molecule has 3 heterocycles. The zero-order valence-electron chi connectivity index (χ0n) is 18.5. The smallest absolute Gasteiger partial charge is 0.414 e. The van der Waals surface area contributed by atoms with Crippen LogP contribution in [0, 0.1) is 0 Å². The SMILES string of the molecule is COc1ccc(-n2c(OC(=O)NC3CCN(c4ccncc4)CC3)cc3ccccc32)cc1. The molecule has 0 atom stereocenters. The van der Waals surface area contributed by atoms with Crippen molar-refractivity contribution in [3.63, 3.8) is 0 Å². The molecule has 2 aromatic heterocycles. The summed E-state index contributed by atoms with van der Waals surface area (Å²) in [6.07, 6.45) is 4.89. The van der Waals surface area contributed by atoms with Gasteiger partial charge in [0.15, 0.2) is 0 Å². The molecule has 0 spiro atoms. The third kappa shape index (κ3) is 4.48. The van der Waals surface area contributed by atoms with E-state index in [4.69, 9.17) is 9.47 Å². The number of hydrogen-bond donors (Lipinski definition) is 1. The number of carbonyl (C=O) groups is 1. The van der Waals surface area contributed by atoms with Gasteiger partial charge < -0.3 is 19.7 Å².